The second-order valence-corrected chi connectivity index (χ2v) is 11.0. The molecule has 3 fully saturated rings. The molecule has 1 saturated carbocycles. The number of nitrogens with zero attached hydrogens (tertiary/aromatic N) is 1. The number of rotatable bonds is 2. The molecule has 2 saturated heterocycles. The molecule has 2 heterocycles. The van der Waals surface area contributed by atoms with E-state index in [0.717, 1.165) is 38.8 Å². The van der Waals surface area contributed by atoms with E-state index in [1.54, 1.807) is 11.1 Å². The molecule has 5 nitrogen and oxygen atoms in total. The van der Waals surface area contributed by atoms with Crippen LogP contribution < -0.4 is 0 Å². The van der Waals surface area contributed by atoms with Crippen molar-refractivity contribution in [2.45, 2.75) is 64.6 Å². The van der Waals surface area contributed by atoms with Gasteiger partial charge in [0.15, 0.2) is 5.79 Å². The maximum atomic E-state index is 12.8. The van der Waals surface area contributed by atoms with E-state index in [1.165, 1.54) is 20.0 Å². The van der Waals surface area contributed by atoms with Crippen molar-refractivity contribution in [2.24, 2.45) is 34.5 Å². The third-order valence-electron chi connectivity index (χ3n) is 9.59. The van der Waals surface area contributed by atoms with Crippen LogP contribution in [0.2, 0.25) is 0 Å². The van der Waals surface area contributed by atoms with Crippen molar-refractivity contribution in [3.8, 4) is 0 Å². The summed E-state index contributed by atoms with van der Waals surface area (Å²) in [6, 6.07) is 0. The molecule has 0 unspecified atom stereocenters. The van der Waals surface area contributed by atoms with Crippen molar-refractivity contribution in [3.05, 3.63) is 11.1 Å². The predicted octanol–water partition coefficient (Wildman–Crippen LogP) is 3.37. The first kappa shape index (κ1) is 20.0. The number of methoxy groups -OCH3 is 1. The lowest BCUT2D eigenvalue weighted by atomic mass is 9.50. The second-order valence-electron chi connectivity index (χ2n) is 11.0. The number of ether oxygens (including phenoxy) is 2. The average molecular weight is 404 g/mol. The molecule has 162 valence electrons. The molecular weight excluding hydrogens is 366 g/mol. The zero-order chi connectivity index (χ0) is 20.6. The first-order valence-electron chi connectivity index (χ1n) is 11.6. The summed E-state index contributed by atoms with van der Waals surface area (Å²) in [5, 5.41) is 11.1. The van der Waals surface area contributed by atoms with Crippen LogP contribution in [0, 0.1) is 34.5 Å². The molecule has 0 aromatic rings. The maximum absolute atomic E-state index is 12.8. The van der Waals surface area contributed by atoms with Gasteiger partial charge in [0.2, 0.25) is 0 Å². The fraction of sp³-hybridized carbons (Fsp3) is 0.875. The lowest BCUT2D eigenvalue weighted by molar-refractivity contribution is -0.300. The van der Waals surface area contributed by atoms with Gasteiger partial charge in [0.05, 0.1) is 19.6 Å². The number of carbonyl (C=O) groups is 1. The fourth-order valence-electron chi connectivity index (χ4n) is 8.17. The van der Waals surface area contributed by atoms with Crippen LogP contribution in [-0.2, 0) is 14.3 Å². The van der Waals surface area contributed by atoms with Gasteiger partial charge in [-0.15, -0.1) is 0 Å². The van der Waals surface area contributed by atoms with Crippen molar-refractivity contribution >= 4 is 5.97 Å². The number of hydrogen-bond donors (Lipinski definition) is 1. The molecule has 6 atom stereocenters. The molecule has 3 aliphatic carbocycles. The molecule has 2 aliphatic heterocycles. The van der Waals surface area contributed by atoms with Gasteiger partial charge in [-0.05, 0) is 57.4 Å². The summed E-state index contributed by atoms with van der Waals surface area (Å²) >= 11 is 0. The van der Waals surface area contributed by atoms with Crippen LogP contribution in [0.3, 0.4) is 0 Å². The number of likely N-dealkylation sites (tertiary alicyclic amines) is 1. The van der Waals surface area contributed by atoms with Crippen molar-refractivity contribution in [1.82, 2.24) is 4.90 Å². The maximum Gasteiger partial charge on any atom is 0.309 e. The Balaban J connectivity index is 1.62. The van der Waals surface area contributed by atoms with Crippen LogP contribution in [0.25, 0.3) is 0 Å². The van der Waals surface area contributed by atoms with E-state index in [4.69, 9.17) is 9.47 Å². The number of esters is 1. The van der Waals surface area contributed by atoms with Gasteiger partial charge in [-0.1, -0.05) is 25.0 Å². The van der Waals surface area contributed by atoms with Gasteiger partial charge in [-0.2, -0.15) is 0 Å². The minimum atomic E-state index is -1.01. The van der Waals surface area contributed by atoms with Gasteiger partial charge in [-0.25, -0.2) is 0 Å². The molecule has 5 rings (SSSR count). The minimum absolute atomic E-state index is 0.00513. The Labute approximate surface area is 174 Å². The standard InChI is InChI=1S/C24H37NO4/c1-15(2)24(27)10-9-22(14-29-24)17-7-5-16-6-8-18-19(21(26)28-4)11-23(22,20(16)18)13-25(3)12-17/h15,17-19,27H,5-14H2,1-4H3/t17-,18+,19+,22-,23-,24+/m0/s1. The minimum Gasteiger partial charge on any atom is -0.469 e. The average Bonchev–Trinajstić information content (AvgIpc) is 3.23. The Morgan fingerprint density at radius 1 is 1.28 bits per heavy atom. The smallest absolute Gasteiger partial charge is 0.309 e. The summed E-state index contributed by atoms with van der Waals surface area (Å²) in [5.41, 5.74) is 3.28. The van der Waals surface area contributed by atoms with E-state index in [2.05, 4.69) is 25.8 Å². The number of allylic oxidation sites excluding steroid dienone is 1. The molecule has 5 heteroatoms. The van der Waals surface area contributed by atoms with Crippen LogP contribution in [0.15, 0.2) is 11.1 Å². The highest BCUT2D eigenvalue weighted by atomic mass is 16.6. The molecule has 1 N–H and O–H groups in total. The monoisotopic (exact) mass is 403 g/mol. The predicted molar refractivity (Wildman–Crippen MR) is 110 cm³/mol. The Morgan fingerprint density at radius 2 is 2.03 bits per heavy atom. The summed E-state index contributed by atoms with van der Waals surface area (Å²) in [4.78, 5) is 15.3. The van der Waals surface area contributed by atoms with Gasteiger partial charge < -0.3 is 19.5 Å². The van der Waals surface area contributed by atoms with Gasteiger partial charge in [0.1, 0.15) is 0 Å². The molecule has 29 heavy (non-hydrogen) atoms. The quantitative estimate of drug-likeness (QED) is 0.566. The van der Waals surface area contributed by atoms with Crippen LogP contribution in [0.5, 0.6) is 0 Å². The molecule has 0 radical (unpaired) electrons. The first-order chi connectivity index (χ1) is 13.8. The van der Waals surface area contributed by atoms with E-state index in [-0.39, 0.29) is 28.6 Å². The van der Waals surface area contributed by atoms with Gasteiger partial charge in [-0.3, -0.25) is 4.79 Å². The zero-order valence-corrected chi connectivity index (χ0v) is 18.5. The van der Waals surface area contributed by atoms with E-state index in [1.807, 2.05) is 0 Å². The molecule has 5 aliphatic rings. The lowest BCUT2D eigenvalue weighted by Crippen LogP contribution is -2.64. The van der Waals surface area contributed by atoms with Crippen LogP contribution in [0.4, 0.5) is 0 Å². The molecule has 0 aromatic carbocycles. The SMILES string of the molecule is COC(=O)[C@@H]1C[C@]23CN(C)C[C@H](CCC4=C2[C@@H]1CC4)[C@@]31CC[C@](O)(C(C)C)OC1. The molecule has 0 aromatic heterocycles. The summed E-state index contributed by atoms with van der Waals surface area (Å²) in [6.45, 7) is 6.83. The Kier molecular flexibility index (Phi) is 4.52. The lowest BCUT2D eigenvalue weighted by Gasteiger charge is -2.62. The van der Waals surface area contributed by atoms with E-state index in [9.17, 15) is 9.90 Å². The number of aliphatic hydroxyl groups is 1. The Bertz CT molecular complexity index is 735. The highest BCUT2D eigenvalue weighted by molar-refractivity contribution is 5.75. The Morgan fingerprint density at radius 3 is 2.69 bits per heavy atom. The summed E-state index contributed by atoms with van der Waals surface area (Å²) < 4.78 is 11.6. The van der Waals surface area contributed by atoms with Gasteiger partial charge in [0, 0.05) is 36.3 Å². The van der Waals surface area contributed by atoms with Gasteiger partial charge in [0.25, 0.3) is 0 Å². The number of hydrogen-bond acceptors (Lipinski definition) is 5. The summed E-state index contributed by atoms with van der Waals surface area (Å²) in [5.74, 6) is -0.0553. The second kappa shape index (κ2) is 6.54. The van der Waals surface area contributed by atoms with Crippen molar-refractivity contribution in [2.75, 3.05) is 33.9 Å². The van der Waals surface area contributed by atoms with Crippen molar-refractivity contribution in [1.29, 1.82) is 0 Å². The van der Waals surface area contributed by atoms with Crippen LogP contribution in [-0.4, -0.2) is 55.6 Å². The van der Waals surface area contributed by atoms with Crippen LogP contribution >= 0.6 is 0 Å². The molecule has 2 spiro atoms. The highest BCUT2D eigenvalue weighted by Gasteiger charge is 2.69. The molecular formula is C24H37NO4. The Hall–Kier alpha value is -0.910. The van der Waals surface area contributed by atoms with Crippen LogP contribution in [0.1, 0.15) is 58.8 Å². The summed E-state index contributed by atoms with van der Waals surface area (Å²) in [6.07, 6.45) is 7.24. The zero-order valence-electron chi connectivity index (χ0n) is 18.5. The highest BCUT2D eigenvalue weighted by Crippen LogP contribution is 2.71. The molecule has 2 bridgehead atoms. The normalized spacial score (nSPS) is 46.9. The summed E-state index contributed by atoms with van der Waals surface area (Å²) in [7, 11) is 3.78. The molecule has 0 amide bonds. The number of piperidine rings is 1. The topological polar surface area (TPSA) is 59.0 Å². The third kappa shape index (κ3) is 2.53. The van der Waals surface area contributed by atoms with Crippen molar-refractivity contribution in [3.63, 3.8) is 0 Å². The van der Waals surface area contributed by atoms with E-state index < -0.39 is 5.79 Å². The van der Waals surface area contributed by atoms with E-state index >= 15 is 0 Å². The third-order valence-corrected chi connectivity index (χ3v) is 9.59. The van der Waals surface area contributed by atoms with Crippen molar-refractivity contribution < 1.29 is 19.4 Å². The fourth-order valence-corrected chi connectivity index (χ4v) is 8.17. The largest absolute Gasteiger partial charge is 0.469 e. The van der Waals surface area contributed by atoms with Gasteiger partial charge >= 0.3 is 5.97 Å². The number of carbonyl (C=O) groups excluding carboxylic acids is 1. The first-order valence-corrected chi connectivity index (χ1v) is 11.6. The van der Waals surface area contributed by atoms with E-state index in [0.29, 0.717) is 24.9 Å².